The van der Waals surface area contributed by atoms with Crippen LogP contribution in [-0.4, -0.2) is 51.4 Å². The number of aliphatic hydroxyl groups excluding tert-OH is 1. The molecule has 0 unspecified atom stereocenters. The number of morpholine rings is 1. The van der Waals surface area contributed by atoms with E-state index in [4.69, 9.17) is 26.2 Å². The van der Waals surface area contributed by atoms with E-state index in [1.807, 2.05) is 6.07 Å². The number of fused-ring (bicyclic) bond motifs is 1. The predicted octanol–water partition coefficient (Wildman–Crippen LogP) is 4.63. The van der Waals surface area contributed by atoms with Crippen LogP contribution in [0.2, 0.25) is 5.02 Å². The number of ketones is 1. The maximum atomic E-state index is 13.4. The van der Waals surface area contributed by atoms with E-state index in [2.05, 4.69) is 4.90 Å². The Kier molecular flexibility index (Phi) is 7.48. The highest BCUT2D eigenvalue weighted by Gasteiger charge is 2.34. The van der Waals surface area contributed by atoms with Gasteiger partial charge in [0.05, 0.1) is 31.6 Å². The number of hydrogen-bond donors (Lipinski definition) is 1. The third-order valence-corrected chi connectivity index (χ3v) is 5.56. The van der Waals surface area contributed by atoms with Crippen molar-refractivity contribution in [1.82, 2.24) is 0 Å². The van der Waals surface area contributed by atoms with Crippen LogP contribution >= 0.6 is 11.6 Å². The first kappa shape index (κ1) is 24.1. The lowest BCUT2D eigenvalue weighted by Gasteiger charge is -2.30. The summed E-state index contributed by atoms with van der Waals surface area (Å²) in [5.74, 6) is 0.271. The van der Waals surface area contributed by atoms with E-state index in [-0.39, 0.29) is 22.8 Å². The molecule has 0 bridgehead atoms. The van der Waals surface area contributed by atoms with Gasteiger partial charge in [-0.25, -0.2) is 0 Å². The molecule has 4 rings (SSSR count). The molecule has 2 aromatic carbocycles. The number of nitrogens with zero attached hydrogens (tertiary/aromatic N) is 1. The molecule has 2 aromatic rings. The zero-order chi connectivity index (χ0) is 23.5. The molecule has 1 fully saturated rings. The highest BCUT2D eigenvalue weighted by atomic mass is 35.5. The standard InChI is InChI=1S/C22H19ClF3NO3.CH4O/c1-29-20-12-17-14(10-19(20)27-4-6-30-7-5-27)9-15(21(17)28)8-13-2-3-16(23)11-18(13)22(24,25)26;1-2/h2-3,8,10-12H,4-7,9H2,1H3;2H,1H3/b15-8+;. The number of halogens is 4. The topological polar surface area (TPSA) is 59.0 Å². The number of methoxy groups -OCH3 is 1. The molecule has 2 aliphatic rings. The fourth-order valence-electron chi connectivity index (χ4n) is 3.85. The first-order valence-electron chi connectivity index (χ1n) is 9.88. The zero-order valence-corrected chi connectivity index (χ0v) is 18.4. The van der Waals surface area contributed by atoms with Gasteiger partial charge < -0.3 is 19.5 Å². The van der Waals surface area contributed by atoms with Gasteiger partial charge in [0.2, 0.25) is 0 Å². The van der Waals surface area contributed by atoms with Crippen LogP contribution in [0, 0.1) is 0 Å². The Morgan fingerprint density at radius 2 is 1.84 bits per heavy atom. The zero-order valence-electron chi connectivity index (χ0n) is 17.6. The lowest BCUT2D eigenvalue weighted by Crippen LogP contribution is -2.36. The van der Waals surface area contributed by atoms with Crippen LogP contribution in [0.5, 0.6) is 5.75 Å². The summed E-state index contributed by atoms with van der Waals surface area (Å²) < 4.78 is 51.1. The second kappa shape index (κ2) is 9.94. The maximum absolute atomic E-state index is 13.4. The van der Waals surface area contributed by atoms with Gasteiger partial charge in [-0.05, 0) is 41.5 Å². The molecule has 1 aliphatic carbocycles. The molecular weight excluding hydrogens is 447 g/mol. The first-order valence-corrected chi connectivity index (χ1v) is 10.3. The van der Waals surface area contributed by atoms with Crippen molar-refractivity contribution in [2.24, 2.45) is 0 Å². The number of hydrogen-bond acceptors (Lipinski definition) is 5. The molecule has 0 spiro atoms. The number of allylic oxidation sites excluding steroid dienone is 1. The number of benzene rings is 2. The van der Waals surface area contributed by atoms with Gasteiger partial charge in [0.1, 0.15) is 5.75 Å². The van der Waals surface area contributed by atoms with Gasteiger partial charge in [-0.3, -0.25) is 4.79 Å². The molecule has 1 N–H and O–H groups in total. The van der Waals surface area contributed by atoms with E-state index >= 15 is 0 Å². The van der Waals surface area contributed by atoms with E-state index < -0.39 is 11.7 Å². The molecule has 0 aromatic heterocycles. The largest absolute Gasteiger partial charge is 0.495 e. The minimum Gasteiger partial charge on any atom is -0.495 e. The summed E-state index contributed by atoms with van der Waals surface area (Å²) in [5.41, 5.74) is 1.45. The van der Waals surface area contributed by atoms with Gasteiger partial charge in [-0.15, -0.1) is 0 Å². The molecule has 0 saturated carbocycles. The average molecular weight is 470 g/mol. The number of alkyl halides is 3. The van der Waals surface area contributed by atoms with Crippen LogP contribution < -0.4 is 9.64 Å². The number of aliphatic hydroxyl groups is 1. The highest BCUT2D eigenvalue weighted by Crippen LogP contribution is 2.39. The normalized spacial score (nSPS) is 17.2. The predicted molar refractivity (Wildman–Crippen MR) is 117 cm³/mol. The molecule has 1 saturated heterocycles. The molecule has 0 amide bonds. The van der Waals surface area contributed by atoms with Crippen LogP contribution in [0.15, 0.2) is 35.9 Å². The van der Waals surface area contributed by atoms with Gasteiger partial charge in [0.15, 0.2) is 5.78 Å². The van der Waals surface area contributed by atoms with E-state index in [1.165, 1.54) is 25.3 Å². The summed E-state index contributed by atoms with van der Waals surface area (Å²) >= 11 is 5.75. The van der Waals surface area contributed by atoms with Crippen LogP contribution in [0.25, 0.3) is 6.08 Å². The van der Waals surface area contributed by atoms with Crippen molar-refractivity contribution < 1.29 is 32.5 Å². The number of carbonyl (C=O) groups is 1. The third-order valence-electron chi connectivity index (χ3n) is 5.32. The highest BCUT2D eigenvalue weighted by molar-refractivity contribution is 6.30. The second-order valence-electron chi connectivity index (χ2n) is 7.19. The van der Waals surface area contributed by atoms with E-state index in [9.17, 15) is 18.0 Å². The SMILES string of the molecule is CO.COc1cc2c(cc1N1CCOCC1)C/C(=C\c1ccc(Cl)cc1C(F)(F)F)C2=O. The Hall–Kier alpha value is -2.55. The average Bonchev–Trinajstić information content (AvgIpc) is 3.09. The Balaban J connectivity index is 0.00000141. The molecule has 9 heteroatoms. The van der Waals surface area contributed by atoms with Crippen LogP contribution in [0.3, 0.4) is 0 Å². The van der Waals surface area contributed by atoms with Gasteiger partial charge in [0.25, 0.3) is 0 Å². The summed E-state index contributed by atoms with van der Waals surface area (Å²) in [6.45, 7) is 2.60. The van der Waals surface area contributed by atoms with Crippen molar-refractivity contribution in [1.29, 1.82) is 0 Å². The van der Waals surface area contributed by atoms with Crippen LogP contribution in [0.1, 0.15) is 27.0 Å². The summed E-state index contributed by atoms with van der Waals surface area (Å²) in [6, 6.07) is 7.12. The summed E-state index contributed by atoms with van der Waals surface area (Å²) in [5, 5.41) is 6.99. The van der Waals surface area contributed by atoms with Crippen molar-refractivity contribution in [3.63, 3.8) is 0 Å². The van der Waals surface area contributed by atoms with Crippen molar-refractivity contribution >= 4 is 29.1 Å². The lowest BCUT2D eigenvalue weighted by molar-refractivity contribution is -0.137. The number of Topliss-reactive ketones (excluding diaryl/α,β-unsaturated/α-hetero) is 1. The number of anilines is 1. The van der Waals surface area contributed by atoms with Crippen molar-refractivity contribution in [3.8, 4) is 5.75 Å². The van der Waals surface area contributed by atoms with Gasteiger partial charge >= 0.3 is 6.18 Å². The molecule has 0 atom stereocenters. The Labute approximate surface area is 189 Å². The Morgan fingerprint density at radius 3 is 2.47 bits per heavy atom. The quantitative estimate of drug-likeness (QED) is 0.664. The first-order chi connectivity index (χ1) is 15.3. The second-order valence-corrected chi connectivity index (χ2v) is 7.62. The number of carbonyl (C=O) groups excluding carboxylic acids is 1. The molecule has 1 heterocycles. The monoisotopic (exact) mass is 469 g/mol. The maximum Gasteiger partial charge on any atom is 0.417 e. The molecule has 1 aliphatic heterocycles. The molecule has 0 radical (unpaired) electrons. The summed E-state index contributed by atoms with van der Waals surface area (Å²) in [6.07, 6.45) is -3.00. The lowest BCUT2D eigenvalue weighted by atomic mass is 10.0. The van der Waals surface area contributed by atoms with Crippen molar-refractivity contribution in [2.45, 2.75) is 12.6 Å². The summed E-state index contributed by atoms with van der Waals surface area (Å²) in [4.78, 5) is 15.0. The number of ether oxygens (including phenoxy) is 2. The van der Waals surface area contributed by atoms with Gasteiger partial charge in [0, 0.05) is 42.8 Å². The fraction of sp³-hybridized carbons (Fsp3) is 0.348. The van der Waals surface area contributed by atoms with Crippen LogP contribution in [0.4, 0.5) is 18.9 Å². The van der Waals surface area contributed by atoms with E-state index in [1.54, 1.807) is 6.07 Å². The minimum atomic E-state index is -4.57. The van der Waals surface area contributed by atoms with Gasteiger partial charge in [-0.2, -0.15) is 13.2 Å². The number of rotatable bonds is 3. The third kappa shape index (κ3) is 4.92. The van der Waals surface area contributed by atoms with Crippen molar-refractivity contribution in [2.75, 3.05) is 45.4 Å². The smallest absolute Gasteiger partial charge is 0.417 e. The Bertz CT molecular complexity index is 1030. The van der Waals surface area contributed by atoms with Gasteiger partial charge in [-0.1, -0.05) is 17.7 Å². The molecule has 5 nitrogen and oxygen atoms in total. The Morgan fingerprint density at radius 1 is 1.16 bits per heavy atom. The molecule has 32 heavy (non-hydrogen) atoms. The minimum absolute atomic E-state index is 0.00889. The van der Waals surface area contributed by atoms with E-state index in [0.29, 0.717) is 43.2 Å². The summed E-state index contributed by atoms with van der Waals surface area (Å²) in [7, 11) is 2.53. The van der Waals surface area contributed by atoms with E-state index in [0.717, 1.165) is 24.4 Å². The molecular formula is C23H23ClF3NO4. The van der Waals surface area contributed by atoms with Crippen LogP contribution in [-0.2, 0) is 17.3 Å². The fourth-order valence-corrected chi connectivity index (χ4v) is 4.02. The molecule has 172 valence electrons. The van der Waals surface area contributed by atoms with Crippen molar-refractivity contribution in [3.05, 3.63) is 63.2 Å².